The fourth-order valence-corrected chi connectivity index (χ4v) is 1.37. The molecule has 1 aromatic carbocycles. The molecule has 1 aromatic rings. The number of nitro groups is 1. The highest BCUT2D eigenvalue weighted by molar-refractivity contribution is 5.56. The van der Waals surface area contributed by atoms with Gasteiger partial charge in [0.2, 0.25) is 0 Å². The van der Waals surface area contributed by atoms with Crippen LogP contribution in [0.15, 0.2) is 18.2 Å². The van der Waals surface area contributed by atoms with E-state index in [1.54, 1.807) is 6.07 Å². The summed E-state index contributed by atoms with van der Waals surface area (Å²) in [5, 5.41) is 16.8. The Morgan fingerprint density at radius 1 is 1.35 bits per heavy atom. The van der Waals surface area contributed by atoms with Gasteiger partial charge >= 0.3 is 0 Å². The van der Waals surface area contributed by atoms with Crippen molar-refractivity contribution in [1.82, 2.24) is 5.32 Å². The number of anilines is 1. The van der Waals surface area contributed by atoms with Gasteiger partial charge in [-0.1, -0.05) is 0 Å². The first-order valence-electron chi connectivity index (χ1n) is 5.48. The van der Waals surface area contributed by atoms with Crippen LogP contribution in [0.2, 0.25) is 0 Å². The summed E-state index contributed by atoms with van der Waals surface area (Å²) in [7, 11) is 1.85. The molecule has 0 bridgehead atoms. The quantitative estimate of drug-likeness (QED) is 0.429. The van der Waals surface area contributed by atoms with Crippen LogP contribution in [0.3, 0.4) is 0 Å². The van der Waals surface area contributed by atoms with Crippen molar-refractivity contribution in [3.63, 3.8) is 0 Å². The van der Waals surface area contributed by atoms with Crippen molar-refractivity contribution in [1.29, 1.82) is 0 Å². The average Bonchev–Trinajstić information content (AvgIpc) is 2.29. The predicted molar refractivity (Wildman–Crippen MR) is 66.7 cm³/mol. The first kappa shape index (κ1) is 13.2. The van der Waals surface area contributed by atoms with E-state index in [0.717, 1.165) is 6.54 Å². The third-order valence-corrected chi connectivity index (χ3v) is 2.12. The minimum absolute atomic E-state index is 0.0305. The van der Waals surface area contributed by atoms with Crippen LogP contribution in [-0.2, 0) is 0 Å². The monoisotopic (exact) mass is 239 g/mol. The molecular formula is C11H17N3O3. The highest BCUT2D eigenvalue weighted by atomic mass is 16.6. The lowest BCUT2D eigenvalue weighted by Crippen LogP contribution is -2.17. The highest BCUT2D eigenvalue weighted by Gasteiger charge is 2.10. The van der Waals surface area contributed by atoms with Gasteiger partial charge in [-0.3, -0.25) is 10.1 Å². The Morgan fingerprint density at radius 3 is 2.71 bits per heavy atom. The number of nitro benzene ring substituents is 1. The van der Waals surface area contributed by atoms with E-state index in [0.29, 0.717) is 24.6 Å². The molecule has 0 aliphatic heterocycles. The van der Waals surface area contributed by atoms with E-state index in [4.69, 9.17) is 4.74 Å². The Morgan fingerprint density at radius 2 is 2.12 bits per heavy atom. The van der Waals surface area contributed by atoms with Gasteiger partial charge in [0.25, 0.3) is 5.69 Å². The van der Waals surface area contributed by atoms with E-state index >= 15 is 0 Å². The number of nitrogens with zero attached hydrogens (tertiary/aromatic N) is 1. The van der Waals surface area contributed by atoms with Crippen LogP contribution in [0.4, 0.5) is 11.4 Å². The zero-order valence-corrected chi connectivity index (χ0v) is 10.0. The first-order chi connectivity index (χ1) is 8.17. The minimum atomic E-state index is -0.425. The number of ether oxygens (including phenoxy) is 1. The largest absolute Gasteiger partial charge is 0.494 e. The summed E-state index contributed by atoms with van der Waals surface area (Å²) >= 11 is 0. The van der Waals surface area contributed by atoms with Crippen molar-refractivity contribution in [2.75, 3.05) is 32.1 Å². The molecule has 0 aromatic heterocycles. The molecule has 0 heterocycles. The number of rotatable bonds is 7. The van der Waals surface area contributed by atoms with E-state index < -0.39 is 4.92 Å². The van der Waals surface area contributed by atoms with Crippen molar-refractivity contribution in [2.45, 2.75) is 6.92 Å². The standard InChI is InChI=1S/C11H17N3O3/c1-3-17-11-7-9(13-5-4-12-2)6-10(8-11)14(15)16/h6-8,12-13H,3-5H2,1-2H3. The summed E-state index contributed by atoms with van der Waals surface area (Å²) in [6.45, 7) is 3.81. The van der Waals surface area contributed by atoms with Gasteiger partial charge in [-0.05, 0) is 14.0 Å². The molecule has 0 amide bonds. The molecule has 1 rings (SSSR count). The van der Waals surface area contributed by atoms with Crippen molar-refractivity contribution >= 4 is 11.4 Å². The van der Waals surface area contributed by atoms with Crippen LogP contribution in [0.1, 0.15) is 6.92 Å². The summed E-state index contributed by atoms with van der Waals surface area (Å²) in [6.07, 6.45) is 0. The van der Waals surface area contributed by atoms with Gasteiger partial charge in [-0.15, -0.1) is 0 Å². The van der Waals surface area contributed by atoms with Crippen LogP contribution in [0.25, 0.3) is 0 Å². The molecule has 0 radical (unpaired) electrons. The van der Waals surface area contributed by atoms with Crippen molar-refractivity contribution in [3.8, 4) is 5.75 Å². The Hall–Kier alpha value is -1.82. The Balaban J connectivity index is 2.83. The number of nitrogens with one attached hydrogen (secondary N) is 2. The summed E-state index contributed by atoms with van der Waals surface area (Å²) in [5.41, 5.74) is 0.723. The summed E-state index contributed by atoms with van der Waals surface area (Å²) in [4.78, 5) is 10.3. The molecular weight excluding hydrogens is 222 g/mol. The molecule has 0 fully saturated rings. The minimum Gasteiger partial charge on any atom is -0.494 e. The lowest BCUT2D eigenvalue weighted by molar-refractivity contribution is -0.384. The number of hydrogen-bond acceptors (Lipinski definition) is 5. The van der Waals surface area contributed by atoms with Gasteiger partial charge in [-0.25, -0.2) is 0 Å². The van der Waals surface area contributed by atoms with Gasteiger partial charge in [0, 0.05) is 30.9 Å². The predicted octanol–water partition coefficient (Wildman–Crippen LogP) is 1.62. The van der Waals surface area contributed by atoms with E-state index in [2.05, 4.69) is 10.6 Å². The van der Waals surface area contributed by atoms with Crippen LogP contribution >= 0.6 is 0 Å². The average molecular weight is 239 g/mol. The maximum absolute atomic E-state index is 10.7. The Kier molecular flexibility index (Phi) is 5.22. The fraction of sp³-hybridized carbons (Fsp3) is 0.455. The van der Waals surface area contributed by atoms with Crippen LogP contribution < -0.4 is 15.4 Å². The summed E-state index contributed by atoms with van der Waals surface area (Å²) in [6, 6.07) is 4.68. The molecule has 0 spiro atoms. The van der Waals surface area contributed by atoms with Crippen LogP contribution in [0.5, 0.6) is 5.75 Å². The topological polar surface area (TPSA) is 76.4 Å². The van der Waals surface area contributed by atoms with Crippen LogP contribution in [0, 0.1) is 10.1 Å². The Bertz CT molecular complexity index is 382. The van der Waals surface area contributed by atoms with Gasteiger partial charge < -0.3 is 15.4 Å². The molecule has 0 saturated carbocycles. The van der Waals surface area contributed by atoms with E-state index in [1.165, 1.54) is 12.1 Å². The smallest absolute Gasteiger partial charge is 0.275 e. The molecule has 0 unspecified atom stereocenters. The van der Waals surface area contributed by atoms with Gasteiger partial charge in [0.05, 0.1) is 17.6 Å². The van der Waals surface area contributed by atoms with Crippen molar-refractivity contribution in [2.24, 2.45) is 0 Å². The molecule has 6 heteroatoms. The number of benzene rings is 1. The van der Waals surface area contributed by atoms with Gasteiger partial charge in [-0.2, -0.15) is 0 Å². The van der Waals surface area contributed by atoms with Crippen LogP contribution in [-0.4, -0.2) is 31.7 Å². The second-order valence-corrected chi connectivity index (χ2v) is 3.44. The molecule has 6 nitrogen and oxygen atoms in total. The zero-order chi connectivity index (χ0) is 12.7. The van der Waals surface area contributed by atoms with Crippen molar-refractivity contribution in [3.05, 3.63) is 28.3 Å². The summed E-state index contributed by atoms with van der Waals surface area (Å²) < 4.78 is 5.28. The first-order valence-corrected chi connectivity index (χ1v) is 5.48. The SMILES string of the molecule is CCOc1cc(NCCNC)cc([N+](=O)[O-])c1. The molecule has 0 saturated heterocycles. The normalized spacial score (nSPS) is 10.0. The lowest BCUT2D eigenvalue weighted by Gasteiger charge is -2.08. The van der Waals surface area contributed by atoms with E-state index in [-0.39, 0.29) is 5.69 Å². The Labute approximate surface area is 100 Å². The van der Waals surface area contributed by atoms with E-state index in [1.807, 2.05) is 14.0 Å². The van der Waals surface area contributed by atoms with Gasteiger partial charge in [0.1, 0.15) is 5.75 Å². The molecule has 0 aliphatic rings. The highest BCUT2D eigenvalue weighted by Crippen LogP contribution is 2.25. The molecule has 0 atom stereocenters. The van der Waals surface area contributed by atoms with E-state index in [9.17, 15) is 10.1 Å². The maximum atomic E-state index is 10.7. The number of likely N-dealkylation sites (N-methyl/N-ethyl adjacent to an activating group) is 1. The maximum Gasteiger partial charge on any atom is 0.275 e. The lowest BCUT2D eigenvalue weighted by atomic mass is 10.2. The summed E-state index contributed by atoms with van der Waals surface area (Å²) in [5.74, 6) is 0.508. The third kappa shape index (κ3) is 4.28. The second-order valence-electron chi connectivity index (χ2n) is 3.44. The zero-order valence-electron chi connectivity index (χ0n) is 10.0. The molecule has 2 N–H and O–H groups in total. The molecule has 17 heavy (non-hydrogen) atoms. The number of non-ortho nitro benzene ring substituents is 1. The third-order valence-electron chi connectivity index (χ3n) is 2.12. The molecule has 0 aliphatic carbocycles. The fourth-order valence-electron chi connectivity index (χ4n) is 1.37. The van der Waals surface area contributed by atoms with Gasteiger partial charge in [0.15, 0.2) is 0 Å². The number of hydrogen-bond donors (Lipinski definition) is 2. The second kappa shape index (κ2) is 6.70. The van der Waals surface area contributed by atoms with Crippen molar-refractivity contribution < 1.29 is 9.66 Å². The molecule has 94 valence electrons.